The fourth-order valence-corrected chi connectivity index (χ4v) is 4.25. The molecule has 9 heteroatoms. The largest absolute Gasteiger partial charge is 0.348 e. The molecule has 0 aliphatic carbocycles. The van der Waals surface area contributed by atoms with E-state index >= 15 is 0 Å². The van der Waals surface area contributed by atoms with E-state index in [1.807, 2.05) is 24.3 Å². The number of rotatable bonds is 7. The Bertz CT molecular complexity index is 1060. The van der Waals surface area contributed by atoms with Crippen LogP contribution in [0.3, 0.4) is 0 Å². The molecule has 1 heterocycles. The van der Waals surface area contributed by atoms with Crippen molar-refractivity contribution in [3.8, 4) is 0 Å². The summed E-state index contributed by atoms with van der Waals surface area (Å²) in [5, 5.41) is 2.80. The van der Waals surface area contributed by atoms with E-state index in [-0.39, 0.29) is 23.3 Å². The van der Waals surface area contributed by atoms with Gasteiger partial charge in [-0.3, -0.25) is 19.3 Å². The van der Waals surface area contributed by atoms with Crippen LogP contribution in [0.5, 0.6) is 0 Å². The lowest BCUT2D eigenvalue weighted by Gasteiger charge is -2.27. The van der Waals surface area contributed by atoms with Crippen LogP contribution in [-0.2, 0) is 14.6 Å². The summed E-state index contributed by atoms with van der Waals surface area (Å²) in [6.45, 7) is 1.77. The topological polar surface area (TPSA) is 101 Å². The highest BCUT2D eigenvalue weighted by atomic mass is 79.9. The van der Waals surface area contributed by atoms with Crippen LogP contribution in [0.4, 0.5) is 0 Å². The zero-order chi connectivity index (χ0) is 22.1. The molecule has 0 bridgehead atoms. The molecule has 0 saturated carbocycles. The minimum absolute atomic E-state index is 0.177. The molecule has 0 aromatic heterocycles. The lowest BCUT2D eigenvalue weighted by Crippen LogP contribution is -2.50. The molecule has 1 aliphatic rings. The summed E-state index contributed by atoms with van der Waals surface area (Å²) in [6, 6.07) is 12.0. The number of hydrogen-bond donors (Lipinski definition) is 1. The van der Waals surface area contributed by atoms with Crippen LogP contribution in [0.15, 0.2) is 53.0 Å². The molecule has 0 radical (unpaired) electrons. The van der Waals surface area contributed by atoms with Crippen LogP contribution >= 0.6 is 15.9 Å². The van der Waals surface area contributed by atoms with E-state index in [1.54, 1.807) is 19.1 Å². The van der Waals surface area contributed by atoms with E-state index in [0.717, 1.165) is 21.2 Å². The van der Waals surface area contributed by atoms with Crippen LogP contribution in [-0.4, -0.2) is 49.1 Å². The highest BCUT2D eigenvalue weighted by Gasteiger charge is 2.43. The number of sulfone groups is 1. The molecule has 0 saturated heterocycles. The first-order valence-electron chi connectivity index (χ1n) is 9.29. The average Bonchev–Trinajstić information content (AvgIpc) is 2.93. The van der Waals surface area contributed by atoms with Gasteiger partial charge < -0.3 is 5.32 Å². The summed E-state index contributed by atoms with van der Waals surface area (Å²) in [6.07, 6.45) is 0.873. The molecule has 2 atom stereocenters. The van der Waals surface area contributed by atoms with Crippen molar-refractivity contribution in [2.24, 2.45) is 0 Å². The molecular formula is C21H21BrN2O5S. The average molecular weight is 493 g/mol. The third-order valence-electron chi connectivity index (χ3n) is 4.93. The van der Waals surface area contributed by atoms with Crippen LogP contribution in [0.1, 0.15) is 45.7 Å². The molecule has 0 spiro atoms. The standard InChI is InChI=1S/C21H21BrN2O5S/c1-13(14-7-9-15(22)10-8-14)23-19(25)18(11-12-30(2,28)29)24-20(26)16-5-3-4-6-17(16)21(24)27/h3-10,13,18H,11-12H2,1-2H3,(H,23,25)/t13-,18-/m0/s1. The molecule has 3 amide bonds. The van der Waals surface area contributed by atoms with Crippen molar-refractivity contribution in [1.29, 1.82) is 0 Å². The third-order valence-corrected chi connectivity index (χ3v) is 6.44. The summed E-state index contributed by atoms with van der Waals surface area (Å²) in [4.78, 5) is 39.6. The maximum atomic E-state index is 13.1. The van der Waals surface area contributed by atoms with Gasteiger partial charge in [0.25, 0.3) is 11.8 Å². The van der Waals surface area contributed by atoms with Crippen LogP contribution < -0.4 is 5.32 Å². The number of hydrogen-bond acceptors (Lipinski definition) is 5. The molecule has 30 heavy (non-hydrogen) atoms. The minimum atomic E-state index is -3.40. The summed E-state index contributed by atoms with van der Waals surface area (Å²) >= 11 is 3.35. The lowest BCUT2D eigenvalue weighted by molar-refractivity contribution is -0.125. The number of benzene rings is 2. The lowest BCUT2D eigenvalue weighted by atomic mass is 10.1. The number of nitrogens with zero attached hydrogens (tertiary/aromatic N) is 1. The number of fused-ring (bicyclic) bond motifs is 1. The van der Waals surface area contributed by atoms with E-state index < -0.39 is 39.6 Å². The maximum absolute atomic E-state index is 13.1. The first kappa shape index (κ1) is 22.2. The first-order valence-corrected chi connectivity index (χ1v) is 12.1. The van der Waals surface area contributed by atoms with Gasteiger partial charge in [0.1, 0.15) is 15.9 Å². The van der Waals surface area contributed by atoms with Crippen LogP contribution in [0.2, 0.25) is 0 Å². The molecule has 3 rings (SSSR count). The number of carbonyl (C=O) groups excluding carboxylic acids is 3. The van der Waals surface area contributed by atoms with Gasteiger partial charge in [0.05, 0.1) is 22.9 Å². The Labute approximate surface area is 183 Å². The van der Waals surface area contributed by atoms with Gasteiger partial charge >= 0.3 is 0 Å². The van der Waals surface area contributed by atoms with E-state index in [9.17, 15) is 22.8 Å². The van der Waals surface area contributed by atoms with Gasteiger partial charge in [-0.25, -0.2) is 8.42 Å². The van der Waals surface area contributed by atoms with Crippen molar-refractivity contribution in [3.63, 3.8) is 0 Å². The number of imide groups is 1. The van der Waals surface area contributed by atoms with Gasteiger partial charge in [0, 0.05) is 10.7 Å². The Morgan fingerprint density at radius 3 is 2.07 bits per heavy atom. The van der Waals surface area contributed by atoms with Crippen molar-refractivity contribution in [3.05, 3.63) is 69.7 Å². The van der Waals surface area contributed by atoms with Crippen molar-refractivity contribution < 1.29 is 22.8 Å². The third kappa shape index (κ3) is 4.79. The maximum Gasteiger partial charge on any atom is 0.262 e. The van der Waals surface area contributed by atoms with Gasteiger partial charge in [-0.1, -0.05) is 40.2 Å². The molecule has 0 fully saturated rings. The summed E-state index contributed by atoms with van der Waals surface area (Å²) in [7, 11) is -3.40. The number of halogens is 1. The van der Waals surface area contributed by atoms with Crippen molar-refractivity contribution in [2.75, 3.05) is 12.0 Å². The van der Waals surface area contributed by atoms with Crippen molar-refractivity contribution in [1.82, 2.24) is 10.2 Å². The van der Waals surface area contributed by atoms with Gasteiger partial charge in [0.15, 0.2) is 0 Å². The number of amides is 3. The van der Waals surface area contributed by atoms with Crippen LogP contribution in [0.25, 0.3) is 0 Å². The molecule has 1 N–H and O–H groups in total. The van der Waals surface area contributed by atoms with E-state index in [0.29, 0.717) is 0 Å². The second-order valence-corrected chi connectivity index (χ2v) is 10.4. The summed E-state index contributed by atoms with van der Waals surface area (Å²) in [5.74, 6) is -2.10. The normalized spacial score (nSPS) is 15.6. The minimum Gasteiger partial charge on any atom is -0.348 e. The zero-order valence-electron chi connectivity index (χ0n) is 16.5. The van der Waals surface area contributed by atoms with Gasteiger partial charge in [-0.2, -0.15) is 0 Å². The quantitative estimate of drug-likeness (QED) is 0.598. The Hall–Kier alpha value is -2.52. The van der Waals surface area contributed by atoms with Crippen molar-refractivity contribution >= 4 is 43.5 Å². The SMILES string of the molecule is C[C@H](NC(=O)[C@H](CCS(C)(=O)=O)N1C(=O)c2ccccc2C1=O)c1ccc(Br)cc1. The second-order valence-electron chi connectivity index (χ2n) is 7.24. The van der Waals surface area contributed by atoms with E-state index in [1.165, 1.54) is 12.1 Å². The Morgan fingerprint density at radius 1 is 1.03 bits per heavy atom. The van der Waals surface area contributed by atoms with Crippen molar-refractivity contribution in [2.45, 2.75) is 25.4 Å². The smallest absolute Gasteiger partial charge is 0.262 e. The van der Waals surface area contributed by atoms with Gasteiger partial charge in [-0.15, -0.1) is 0 Å². The highest BCUT2D eigenvalue weighted by molar-refractivity contribution is 9.10. The second kappa shape index (κ2) is 8.69. The fourth-order valence-electron chi connectivity index (χ4n) is 3.34. The molecule has 1 aliphatic heterocycles. The fraction of sp³-hybridized carbons (Fsp3) is 0.286. The molecule has 7 nitrogen and oxygen atoms in total. The van der Waals surface area contributed by atoms with E-state index in [4.69, 9.17) is 0 Å². The Kier molecular flexibility index (Phi) is 6.42. The molecule has 2 aromatic rings. The van der Waals surface area contributed by atoms with Gasteiger partial charge in [0.2, 0.25) is 5.91 Å². The Morgan fingerprint density at radius 2 is 1.57 bits per heavy atom. The van der Waals surface area contributed by atoms with E-state index in [2.05, 4.69) is 21.2 Å². The Balaban J connectivity index is 1.87. The molecule has 0 unspecified atom stereocenters. The predicted octanol–water partition coefficient (Wildman–Crippen LogP) is 2.73. The highest BCUT2D eigenvalue weighted by Crippen LogP contribution is 2.26. The number of carbonyl (C=O) groups is 3. The monoisotopic (exact) mass is 492 g/mol. The molecular weight excluding hydrogens is 472 g/mol. The van der Waals surface area contributed by atoms with Gasteiger partial charge in [-0.05, 0) is 43.2 Å². The predicted molar refractivity (Wildman–Crippen MR) is 116 cm³/mol. The number of nitrogens with one attached hydrogen (secondary N) is 1. The zero-order valence-corrected chi connectivity index (χ0v) is 18.9. The molecule has 158 valence electrons. The summed E-state index contributed by atoms with van der Waals surface area (Å²) in [5.41, 5.74) is 1.25. The molecule has 2 aromatic carbocycles. The first-order chi connectivity index (χ1) is 14.1. The summed E-state index contributed by atoms with van der Waals surface area (Å²) < 4.78 is 24.3. The van der Waals surface area contributed by atoms with Crippen LogP contribution in [0, 0.1) is 0 Å².